The van der Waals surface area contributed by atoms with Crippen LogP contribution in [0.15, 0.2) is 66.4 Å². The van der Waals surface area contributed by atoms with Crippen LogP contribution in [0, 0.1) is 11.8 Å². The smallest absolute Gasteiger partial charge is 0.229 e. The topological polar surface area (TPSA) is 112 Å². The summed E-state index contributed by atoms with van der Waals surface area (Å²) in [5, 5.41) is 17.9. The van der Waals surface area contributed by atoms with Crippen LogP contribution < -0.4 is 4.72 Å². The number of Topliss-reactive ketones (excluding diaryl/α,β-unsaturated/α-hetero) is 1. The Kier molecular flexibility index (Phi) is 5.36. The molecule has 34 heavy (non-hydrogen) atoms. The molecule has 8 heteroatoms. The standard InChI is InChI=1S/C26H27N3O4S/c1-16-22-12-11-21-23(17-7-6-10-20(13-17)29-34(2,32)33)27-28-25(21)26(22,14-18(15-30)24(16)31)19-8-4-3-5-9-19/h3-10,13,15-16,22,29-30H,11-12,14H2,1-2H3,(H,27,28)/t16-,22-,26+/m0/s1. The van der Waals surface area contributed by atoms with E-state index >= 15 is 0 Å². The van der Waals surface area contributed by atoms with Gasteiger partial charge in [0.25, 0.3) is 0 Å². The first-order valence-corrected chi connectivity index (χ1v) is 13.2. The van der Waals surface area contributed by atoms with Crippen LogP contribution in [-0.4, -0.2) is 35.8 Å². The van der Waals surface area contributed by atoms with Gasteiger partial charge >= 0.3 is 0 Å². The number of nitrogens with zero attached hydrogens (tertiary/aromatic N) is 1. The maximum Gasteiger partial charge on any atom is 0.229 e. The Morgan fingerprint density at radius 2 is 1.94 bits per heavy atom. The van der Waals surface area contributed by atoms with E-state index in [1.807, 2.05) is 31.2 Å². The molecule has 2 aromatic carbocycles. The van der Waals surface area contributed by atoms with Gasteiger partial charge in [0.05, 0.1) is 23.9 Å². The Bertz CT molecular complexity index is 1390. The van der Waals surface area contributed by atoms with Gasteiger partial charge in [-0.2, -0.15) is 5.10 Å². The lowest BCUT2D eigenvalue weighted by Crippen LogP contribution is -2.50. The average molecular weight is 478 g/mol. The monoisotopic (exact) mass is 477 g/mol. The lowest BCUT2D eigenvalue weighted by molar-refractivity contribution is -0.123. The van der Waals surface area contributed by atoms with Crippen molar-refractivity contribution in [1.29, 1.82) is 0 Å². The zero-order valence-electron chi connectivity index (χ0n) is 19.1. The van der Waals surface area contributed by atoms with Crippen LogP contribution in [0.1, 0.15) is 36.6 Å². The van der Waals surface area contributed by atoms with Crippen molar-refractivity contribution in [2.45, 2.75) is 31.6 Å². The SMILES string of the molecule is C[C@@H]1C(=O)C(=CO)C[C@]2(c3ccccc3)c3[nH]nc(-c4cccc(NS(C)(=O)=O)c4)c3CC[C@@H]12. The molecule has 1 saturated carbocycles. The van der Waals surface area contributed by atoms with Crippen molar-refractivity contribution < 1.29 is 18.3 Å². The predicted octanol–water partition coefficient (Wildman–Crippen LogP) is 4.35. The van der Waals surface area contributed by atoms with E-state index in [4.69, 9.17) is 5.10 Å². The van der Waals surface area contributed by atoms with Gasteiger partial charge in [0.2, 0.25) is 10.0 Å². The molecular formula is C26H27N3O4S. The highest BCUT2D eigenvalue weighted by Crippen LogP contribution is 2.56. The van der Waals surface area contributed by atoms with Crippen molar-refractivity contribution in [3.63, 3.8) is 0 Å². The molecule has 7 nitrogen and oxygen atoms in total. The molecule has 0 amide bonds. The van der Waals surface area contributed by atoms with Crippen LogP contribution in [0.5, 0.6) is 0 Å². The second-order valence-corrected chi connectivity index (χ2v) is 11.1. The Labute approximate surface area is 199 Å². The van der Waals surface area contributed by atoms with Gasteiger partial charge in [-0.05, 0) is 42.9 Å². The number of ketones is 1. The number of rotatable bonds is 4. The zero-order chi connectivity index (χ0) is 24.1. The minimum absolute atomic E-state index is 0.00166. The highest BCUT2D eigenvalue weighted by Gasteiger charge is 2.55. The van der Waals surface area contributed by atoms with Gasteiger partial charge in [0, 0.05) is 33.7 Å². The molecular weight excluding hydrogens is 450 g/mol. The summed E-state index contributed by atoms with van der Waals surface area (Å²) in [5.41, 5.74) is 5.08. The molecule has 2 aliphatic carbocycles. The third-order valence-corrected chi connectivity index (χ3v) is 7.94. The number of carbonyl (C=O) groups is 1. The lowest BCUT2D eigenvalue weighted by Gasteiger charge is -2.50. The van der Waals surface area contributed by atoms with E-state index in [0.29, 0.717) is 17.7 Å². The molecule has 3 aromatic rings. The van der Waals surface area contributed by atoms with E-state index < -0.39 is 15.4 Å². The minimum Gasteiger partial charge on any atom is -0.515 e. The second-order valence-electron chi connectivity index (χ2n) is 9.35. The van der Waals surface area contributed by atoms with E-state index in [1.54, 1.807) is 18.2 Å². The highest BCUT2D eigenvalue weighted by molar-refractivity contribution is 7.92. The molecule has 176 valence electrons. The number of H-pyrrole nitrogens is 1. The number of nitrogens with one attached hydrogen (secondary N) is 2. The van der Waals surface area contributed by atoms with Crippen molar-refractivity contribution in [2.75, 3.05) is 11.0 Å². The summed E-state index contributed by atoms with van der Waals surface area (Å²) in [4.78, 5) is 13.0. The summed E-state index contributed by atoms with van der Waals surface area (Å²) in [6, 6.07) is 17.3. The quantitative estimate of drug-likeness (QED) is 0.382. The zero-order valence-corrected chi connectivity index (χ0v) is 19.9. The van der Waals surface area contributed by atoms with Crippen molar-refractivity contribution in [3.05, 3.63) is 83.3 Å². The molecule has 0 spiro atoms. The summed E-state index contributed by atoms with van der Waals surface area (Å²) in [6.07, 6.45) is 4.04. The molecule has 3 atom stereocenters. The number of carbonyl (C=O) groups excluding carboxylic acids is 1. The lowest BCUT2D eigenvalue weighted by atomic mass is 9.52. The van der Waals surface area contributed by atoms with Gasteiger partial charge in [0.15, 0.2) is 5.78 Å². The number of anilines is 1. The van der Waals surface area contributed by atoms with Gasteiger partial charge in [-0.1, -0.05) is 49.4 Å². The maximum absolute atomic E-state index is 13.0. The molecule has 1 fully saturated rings. The third-order valence-electron chi connectivity index (χ3n) is 7.34. The number of aliphatic hydroxyl groups is 1. The molecule has 2 aliphatic rings. The summed E-state index contributed by atoms with van der Waals surface area (Å²) in [7, 11) is -3.40. The highest BCUT2D eigenvalue weighted by atomic mass is 32.2. The number of aromatic nitrogens is 2. The van der Waals surface area contributed by atoms with Crippen LogP contribution in [0.4, 0.5) is 5.69 Å². The molecule has 0 bridgehead atoms. The van der Waals surface area contributed by atoms with Gasteiger partial charge in [0.1, 0.15) is 0 Å². The first-order valence-electron chi connectivity index (χ1n) is 11.3. The molecule has 0 radical (unpaired) electrons. The van der Waals surface area contributed by atoms with Gasteiger partial charge in [-0.25, -0.2) is 8.42 Å². The largest absolute Gasteiger partial charge is 0.515 e. The van der Waals surface area contributed by atoms with E-state index in [1.165, 1.54) is 0 Å². The molecule has 0 aliphatic heterocycles. The number of allylic oxidation sites excluding steroid dienone is 1. The Balaban J connectivity index is 1.69. The van der Waals surface area contributed by atoms with Crippen LogP contribution in [0.25, 0.3) is 11.3 Å². The summed E-state index contributed by atoms with van der Waals surface area (Å²) >= 11 is 0. The van der Waals surface area contributed by atoms with Crippen LogP contribution >= 0.6 is 0 Å². The molecule has 5 rings (SSSR count). The first kappa shape index (κ1) is 22.4. The third kappa shape index (κ3) is 3.53. The predicted molar refractivity (Wildman–Crippen MR) is 131 cm³/mol. The first-order chi connectivity index (χ1) is 16.2. The molecule has 1 aromatic heterocycles. The van der Waals surface area contributed by atoms with E-state index in [2.05, 4.69) is 22.0 Å². The fourth-order valence-corrected chi connectivity index (χ4v) is 6.51. The average Bonchev–Trinajstić information content (AvgIpc) is 3.26. The molecule has 3 N–H and O–H groups in total. The summed E-state index contributed by atoms with van der Waals surface area (Å²) in [5.74, 6) is -0.179. The molecule has 0 saturated heterocycles. The number of fused-ring (bicyclic) bond motifs is 3. The van der Waals surface area contributed by atoms with Crippen LogP contribution in [-0.2, 0) is 26.7 Å². The normalized spacial score (nSPS) is 25.6. The van der Waals surface area contributed by atoms with E-state index in [0.717, 1.165) is 53.4 Å². The van der Waals surface area contributed by atoms with Crippen LogP contribution in [0.2, 0.25) is 0 Å². The number of aliphatic hydroxyl groups excluding tert-OH is 1. The van der Waals surface area contributed by atoms with Crippen molar-refractivity contribution in [3.8, 4) is 11.3 Å². The fraction of sp³-hybridized carbons (Fsp3) is 0.308. The van der Waals surface area contributed by atoms with Gasteiger partial charge in [-0.15, -0.1) is 0 Å². The Hall–Kier alpha value is -3.39. The Morgan fingerprint density at radius 3 is 2.65 bits per heavy atom. The Morgan fingerprint density at radius 1 is 1.18 bits per heavy atom. The number of hydrogen-bond donors (Lipinski definition) is 3. The summed E-state index contributed by atoms with van der Waals surface area (Å²) in [6.45, 7) is 1.95. The van der Waals surface area contributed by atoms with Gasteiger partial charge in [-0.3, -0.25) is 14.6 Å². The van der Waals surface area contributed by atoms with Crippen molar-refractivity contribution >= 4 is 21.5 Å². The van der Waals surface area contributed by atoms with Crippen molar-refractivity contribution in [1.82, 2.24) is 10.2 Å². The second kappa shape index (κ2) is 8.13. The number of sulfonamides is 1. The fourth-order valence-electron chi connectivity index (χ4n) is 5.96. The minimum atomic E-state index is -3.40. The van der Waals surface area contributed by atoms with Crippen LogP contribution in [0.3, 0.4) is 0 Å². The molecule has 1 heterocycles. The van der Waals surface area contributed by atoms with E-state index in [9.17, 15) is 18.3 Å². The van der Waals surface area contributed by atoms with Crippen molar-refractivity contribution in [2.24, 2.45) is 11.8 Å². The maximum atomic E-state index is 13.0. The number of benzene rings is 2. The number of hydrogen-bond acceptors (Lipinski definition) is 5. The summed E-state index contributed by atoms with van der Waals surface area (Å²) < 4.78 is 26.0. The number of aromatic amines is 1. The molecule has 0 unspecified atom stereocenters. The van der Waals surface area contributed by atoms with E-state index in [-0.39, 0.29) is 17.6 Å². The van der Waals surface area contributed by atoms with Gasteiger partial charge < -0.3 is 5.11 Å².